The van der Waals surface area contributed by atoms with Gasteiger partial charge in [0, 0.05) is 31.9 Å². The maximum atomic E-state index is 12.3. The zero-order valence-electron chi connectivity index (χ0n) is 11.9. The molecule has 2 aromatic rings. The Kier molecular flexibility index (Phi) is 3.88. The van der Waals surface area contributed by atoms with Crippen LogP contribution < -0.4 is 4.90 Å². The highest BCUT2D eigenvalue weighted by atomic mass is 35.5. The number of furan rings is 1. The molecule has 0 aliphatic carbocycles. The number of carbonyl (C=O) groups excluding carboxylic acids is 1. The highest BCUT2D eigenvalue weighted by Gasteiger charge is 2.24. The second kappa shape index (κ2) is 5.82. The summed E-state index contributed by atoms with van der Waals surface area (Å²) >= 11 is 5.87. The van der Waals surface area contributed by atoms with Gasteiger partial charge in [-0.3, -0.25) is 4.79 Å². The van der Waals surface area contributed by atoms with E-state index in [2.05, 4.69) is 36.1 Å². The van der Waals surface area contributed by atoms with Crippen LogP contribution in [0.15, 0.2) is 41.0 Å². The summed E-state index contributed by atoms with van der Waals surface area (Å²) in [5.74, 6) is -0.0577. The molecule has 21 heavy (non-hydrogen) atoms. The standard InChI is InChI=1S/C16H17ClN2O2/c1-12-3-2-4-13(11-12)18-6-8-19(9-7-18)16(20)14-5-10-21-15(14)17/h2-5,10-11H,6-9H2,1H3. The molecule has 0 N–H and O–H groups in total. The lowest BCUT2D eigenvalue weighted by atomic mass is 10.2. The van der Waals surface area contributed by atoms with Crippen molar-refractivity contribution in [3.63, 3.8) is 0 Å². The predicted molar refractivity (Wildman–Crippen MR) is 83.0 cm³/mol. The smallest absolute Gasteiger partial charge is 0.258 e. The van der Waals surface area contributed by atoms with Crippen LogP contribution in [0, 0.1) is 6.92 Å². The van der Waals surface area contributed by atoms with Gasteiger partial charge in [-0.1, -0.05) is 12.1 Å². The molecule has 2 heterocycles. The predicted octanol–water partition coefficient (Wildman–Crippen LogP) is 3.20. The third-order valence-corrected chi connectivity index (χ3v) is 4.07. The maximum absolute atomic E-state index is 12.3. The average molecular weight is 305 g/mol. The first kappa shape index (κ1) is 14.0. The van der Waals surface area contributed by atoms with E-state index in [1.165, 1.54) is 17.5 Å². The van der Waals surface area contributed by atoms with Crippen molar-refractivity contribution in [1.29, 1.82) is 0 Å². The number of anilines is 1. The minimum Gasteiger partial charge on any atom is -0.452 e. The summed E-state index contributed by atoms with van der Waals surface area (Å²) in [6.45, 7) is 5.11. The molecule has 4 nitrogen and oxygen atoms in total. The Morgan fingerprint density at radius 2 is 1.95 bits per heavy atom. The van der Waals surface area contributed by atoms with Gasteiger partial charge in [0.1, 0.15) is 0 Å². The van der Waals surface area contributed by atoms with Crippen LogP contribution in [0.1, 0.15) is 15.9 Å². The second-order valence-corrected chi connectivity index (χ2v) is 5.57. The number of aryl methyl sites for hydroxylation is 1. The molecule has 5 heteroatoms. The van der Waals surface area contributed by atoms with E-state index in [1.807, 2.05) is 4.90 Å². The summed E-state index contributed by atoms with van der Waals surface area (Å²) < 4.78 is 4.99. The number of benzene rings is 1. The minimum absolute atomic E-state index is 0.0577. The third-order valence-electron chi connectivity index (χ3n) is 3.78. The van der Waals surface area contributed by atoms with Crippen molar-refractivity contribution in [2.45, 2.75) is 6.92 Å². The number of piperazine rings is 1. The molecular formula is C16H17ClN2O2. The lowest BCUT2D eigenvalue weighted by Crippen LogP contribution is -2.48. The molecule has 1 aliphatic rings. The molecule has 1 aliphatic heterocycles. The number of amides is 1. The van der Waals surface area contributed by atoms with Crippen LogP contribution in [0.5, 0.6) is 0 Å². The first-order valence-electron chi connectivity index (χ1n) is 6.99. The van der Waals surface area contributed by atoms with E-state index in [4.69, 9.17) is 16.0 Å². The summed E-state index contributed by atoms with van der Waals surface area (Å²) in [5, 5.41) is 0.168. The van der Waals surface area contributed by atoms with Crippen molar-refractivity contribution in [3.8, 4) is 0 Å². The van der Waals surface area contributed by atoms with Gasteiger partial charge in [-0.25, -0.2) is 0 Å². The van der Waals surface area contributed by atoms with Crippen LogP contribution in [-0.2, 0) is 0 Å². The van der Waals surface area contributed by atoms with E-state index in [0.717, 1.165) is 13.1 Å². The van der Waals surface area contributed by atoms with Gasteiger partial charge >= 0.3 is 0 Å². The number of hydrogen-bond donors (Lipinski definition) is 0. The molecule has 0 unspecified atom stereocenters. The molecule has 1 aromatic carbocycles. The Morgan fingerprint density at radius 1 is 1.19 bits per heavy atom. The van der Waals surface area contributed by atoms with Crippen LogP contribution in [-0.4, -0.2) is 37.0 Å². The molecule has 1 amide bonds. The molecule has 1 aromatic heterocycles. The van der Waals surface area contributed by atoms with Gasteiger partial charge < -0.3 is 14.2 Å². The van der Waals surface area contributed by atoms with Gasteiger partial charge in [0.2, 0.25) is 5.22 Å². The maximum Gasteiger partial charge on any atom is 0.258 e. The molecule has 3 rings (SSSR count). The quantitative estimate of drug-likeness (QED) is 0.855. The molecule has 1 saturated heterocycles. The lowest BCUT2D eigenvalue weighted by molar-refractivity contribution is 0.0746. The van der Waals surface area contributed by atoms with Crippen molar-refractivity contribution in [2.75, 3.05) is 31.1 Å². The number of hydrogen-bond acceptors (Lipinski definition) is 3. The van der Waals surface area contributed by atoms with Crippen LogP contribution in [0.25, 0.3) is 0 Å². The van der Waals surface area contributed by atoms with Gasteiger partial charge in [0.15, 0.2) is 0 Å². The number of halogens is 1. The zero-order chi connectivity index (χ0) is 14.8. The Bertz CT molecular complexity index is 645. The summed E-state index contributed by atoms with van der Waals surface area (Å²) in [7, 11) is 0. The van der Waals surface area contributed by atoms with Crippen molar-refractivity contribution >= 4 is 23.2 Å². The Hall–Kier alpha value is -1.94. The number of nitrogens with zero attached hydrogens (tertiary/aromatic N) is 2. The van der Waals surface area contributed by atoms with Gasteiger partial charge in [-0.2, -0.15) is 0 Å². The summed E-state index contributed by atoms with van der Waals surface area (Å²) in [6.07, 6.45) is 1.44. The highest BCUT2D eigenvalue weighted by molar-refractivity contribution is 6.32. The van der Waals surface area contributed by atoms with Crippen LogP contribution >= 0.6 is 11.6 Å². The van der Waals surface area contributed by atoms with Crippen LogP contribution in [0.3, 0.4) is 0 Å². The number of carbonyl (C=O) groups is 1. The van der Waals surface area contributed by atoms with E-state index in [-0.39, 0.29) is 11.1 Å². The molecule has 0 saturated carbocycles. The highest BCUT2D eigenvalue weighted by Crippen LogP contribution is 2.21. The monoisotopic (exact) mass is 304 g/mol. The van der Waals surface area contributed by atoms with Crippen molar-refractivity contribution in [3.05, 3.63) is 52.9 Å². The van der Waals surface area contributed by atoms with Crippen molar-refractivity contribution in [2.24, 2.45) is 0 Å². The average Bonchev–Trinajstić information content (AvgIpc) is 2.93. The van der Waals surface area contributed by atoms with E-state index in [9.17, 15) is 4.79 Å². The largest absolute Gasteiger partial charge is 0.452 e. The topological polar surface area (TPSA) is 36.7 Å². The molecular weight excluding hydrogens is 288 g/mol. The zero-order valence-corrected chi connectivity index (χ0v) is 12.6. The minimum atomic E-state index is -0.0577. The van der Waals surface area contributed by atoms with E-state index >= 15 is 0 Å². The molecule has 0 radical (unpaired) electrons. The molecule has 0 atom stereocenters. The van der Waals surface area contributed by atoms with Gasteiger partial charge in [0.25, 0.3) is 5.91 Å². The molecule has 1 fully saturated rings. The van der Waals surface area contributed by atoms with Gasteiger partial charge in [-0.15, -0.1) is 0 Å². The first-order chi connectivity index (χ1) is 10.1. The third kappa shape index (κ3) is 2.90. The summed E-state index contributed by atoms with van der Waals surface area (Å²) in [4.78, 5) is 16.5. The van der Waals surface area contributed by atoms with Crippen molar-refractivity contribution in [1.82, 2.24) is 4.90 Å². The SMILES string of the molecule is Cc1cccc(N2CCN(C(=O)c3ccoc3Cl)CC2)c1. The van der Waals surface area contributed by atoms with E-state index < -0.39 is 0 Å². The normalized spacial score (nSPS) is 15.3. The fraction of sp³-hybridized carbons (Fsp3) is 0.312. The van der Waals surface area contributed by atoms with Gasteiger partial charge in [-0.05, 0) is 42.3 Å². The Labute approximate surface area is 128 Å². The fourth-order valence-electron chi connectivity index (χ4n) is 2.61. The molecule has 0 spiro atoms. The Balaban J connectivity index is 1.65. The first-order valence-corrected chi connectivity index (χ1v) is 7.37. The van der Waals surface area contributed by atoms with E-state index in [1.54, 1.807) is 6.07 Å². The Morgan fingerprint density at radius 3 is 2.57 bits per heavy atom. The number of rotatable bonds is 2. The lowest BCUT2D eigenvalue weighted by Gasteiger charge is -2.36. The fourth-order valence-corrected chi connectivity index (χ4v) is 2.80. The summed E-state index contributed by atoms with van der Waals surface area (Å²) in [6, 6.07) is 10.1. The van der Waals surface area contributed by atoms with Crippen LogP contribution in [0.2, 0.25) is 5.22 Å². The second-order valence-electron chi connectivity index (χ2n) is 5.23. The van der Waals surface area contributed by atoms with Crippen LogP contribution in [0.4, 0.5) is 5.69 Å². The van der Waals surface area contributed by atoms with E-state index in [0.29, 0.717) is 18.7 Å². The van der Waals surface area contributed by atoms with Crippen molar-refractivity contribution < 1.29 is 9.21 Å². The summed E-state index contributed by atoms with van der Waals surface area (Å²) in [5.41, 5.74) is 2.90. The molecule has 110 valence electrons. The van der Waals surface area contributed by atoms with Gasteiger partial charge in [0.05, 0.1) is 11.8 Å². The molecule has 0 bridgehead atoms.